The molecule has 0 aromatic carbocycles. The fourth-order valence-corrected chi connectivity index (χ4v) is 2.99. The molecule has 5 atom stereocenters. The molecule has 1 fully saturated rings. The Morgan fingerprint density at radius 2 is 1.80 bits per heavy atom. The average molecular weight is 362 g/mol. The van der Waals surface area contributed by atoms with E-state index in [-0.39, 0.29) is 19.4 Å². The maximum Gasteiger partial charge on any atom is 0.409 e. The number of alkyl halides is 1. The van der Waals surface area contributed by atoms with E-state index in [9.17, 15) is 33.8 Å². The molecule has 0 aromatic rings. The number of carbonyl (C=O) groups excluding carboxylic acids is 2. The number of nitrogens with one attached hydrogen (secondary N) is 2. The van der Waals surface area contributed by atoms with Crippen LogP contribution in [0.4, 0.5) is 9.18 Å². The number of alkyl carbamates (subject to hydrolysis) is 1. The van der Waals surface area contributed by atoms with E-state index in [1.165, 1.54) is 6.92 Å². The van der Waals surface area contributed by atoms with Gasteiger partial charge in [-0.05, 0) is 12.8 Å². The van der Waals surface area contributed by atoms with Crippen molar-refractivity contribution in [1.29, 1.82) is 0 Å². The molecule has 1 aliphatic carbocycles. The highest BCUT2D eigenvalue weighted by Gasteiger charge is 2.50. The molecule has 0 heterocycles. The summed E-state index contributed by atoms with van der Waals surface area (Å²) in [4.78, 5) is 45.7. The summed E-state index contributed by atoms with van der Waals surface area (Å²) in [5, 5.41) is 23.3. The van der Waals surface area contributed by atoms with E-state index in [0.29, 0.717) is 6.42 Å². The Kier molecular flexibility index (Phi) is 7.59. The van der Waals surface area contributed by atoms with Crippen molar-refractivity contribution in [3.8, 4) is 0 Å². The smallest absolute Gasteiger partial charge is 0.409 e. The maximum atomic E-state index is 13.4. The second-order valence-corrected chi connectivity index (χ2v) is 6.00. The molecule has 25 heavy (non-hydrogen) atoms. The molecule has 1 saturated carbocycles. The average Bonchev–Trinajstić information content (AvgIpc) is 2.83. The van der Waals surface area contributed by atoms with Gasteiger partial charge in [0.15, 0.2) is 0 Å². The Balaban J connectivity index is 2.92. The Bertz CT molecular complexity index is 528. The van der Waals surface area contributed by atoms with E-state index in [1.54, 1.807) is 6.92 Å². The van der Waals surface area contributed by atoms with Gasteiger partial charge < -0.3 is 25.6 Å². The van der Waals surface area contributed by atoms with Crippen LogP contribution >= 0.6 is 0 Å². The van der Waals surface area contributed by atoms with Gasteiger partial charge in [0, 0.05) is 25.8 Å². The first-order valence-corrected chi connectivity index (χ1v) is 7.98. The van der Waals surface area contributed by atoms with Crippen molar-refractivity contribution in [1.82, 2.24) is 10.6 Å². The minimum atomic E-state index is -1.83. The van der Waals surface area contributed by atoms with Crippen LogP contribution in [0.25, 0.3) is 0 Å². The van der Waals surface area contributed by atoms with E-state index < -0.39 is 54.1 Å². The van der Waals surface area contributed by atoms with Gasteiger partial charge in [0.25, 0.3) is 0 Å². The van der Waals surface area contributed by atoms with Crippen molar-refractivity contribution < 1.29 is 38.5 Å². The monoisotopic (exact) mass is 362 g/mol. The molecule has 0 radical (unpaired) electrons. The Morgan fingerprint density at radius 1 is 1.20 bits per heavy atom. The normalized spacial score (nSPS) is 26.5. The lowest BCUT2D eigenvalue weighted by Gasteiger charge is -2.25. The van der Waals surface area contributed by atoms with E-state index in [2.05, 4.69) is 15.4 Å². The first-order chi connectivity index (χ1) is 11.7. The summed E-state index contributed by atoms with van der Waals surface area (Å²) in [7, 11) is 0. The molecule has 10 heteroatoms. The van der Waals surface area contributed by atoms with Crippen LogP contribution in [-0.4, -0.2) is 53.1 Å². The second-order valence-electron chi connectivity index (χ2n) is 6.00. The predicted octanol–water partition coefficient (Wildman–Crippen LogP) is 0.735. The van der Waals surface area contributed by atoms with Crippen molar-refractivity contribution in [3.63, 3.8) is 0 Å². The standard InChI is InChI=1S/C15H23FN2O7/c1-3-4-11(16)25-15(24)18-12-9(14(22)23)5-8(13(20)21)10(12)6-17-7(2)19/h8-12H,3-6H2,1-2H3,(H,17,19)(H,18,24)(H,20,21)(H,22,23)/t8-,9+,10+,11?,12-/m1/s1. The molecule has 0 aliphatic heterocycles. The van der Waals surface area contributed by atoms with Gasteiger partial charge in [-0.1, -0.05) is 6.92 Å². The lowest BCUT2D eigenvalue weighted by molar-refractivity contribution is -0.143. The van der Waals surface area contributed by atoms with Crippen molar-refractivity contribution in [2.75, 3.05) is 6.54 Å². The molecule has 0 aromatic heterocycles. The molecule has 1 rings (SSSR count). The zero-order valence-electron chi connectivity index (χ0n) is 14.0. The Morgan fingerprint density at radius 3 is 2.28 bits per heavy atom. The van der Waals surface area contributed by atoms with Crippen molar-refractivity contribution in [3.05, 3.63) is 0 Å². The van der Waals surface area contributed by atoms with Crippen LogP contribution in [0, 0.1) is 17.8 Å². The number of amides is 2. The minimum Gasteiger partial charge on any atom is -0.481 e. The zero-order chi connectivity index (χ0) is 19.1. The number of ether oxygens (including phenoxy) is 1. The van der Waals surface area contributed by atoms with Crippen LogP contribution in [0.5, 0.6) is 0 Å². The zero-order valence-corrected chi connectivity index (χ0v) is 14.0. The topological polar surface area (TPSA) is 142 Å². The van der Waals surface area contributed by atoms with Gasteiger partial charge in [-0.25, -0.2) is 9.18 Å². The number of carbonyl (C=O) groups is 4. The van der Waals surface area contributed by atoms with Gasteiger partial charge in [-0.2, -0.15) is 0 Å². The van der Waals surface area contributed by atoms with Crippen LogP contribution in [0.2, 0.25) is 0 Å². The fraction of sp³-hybridized carbons (Fsp3) is 0.733. The molecule has 1 aliphatic rings. The molecule has 0 spiro atoms. The van der Waals surface area contributed by atoms with Gasteiger partial charge in [0.1, 0.15) is 0 Å². The number of halogens is 1. The van der Waals surface area contributed by atoms with Gasteiger partial charge in [-0.15, -0.1) is 0 Å². The molecular weight excluding hydrogens is 339 g/mol. The number of aliphatic carboxylic acids is 2. The lowest BCUT2D eigenvalue weighted by atomic mass is 9.92. The summed E-state index contributed by atoms with van der Waals surface area (Å²) >= 11 is 0. The third kappa shape index (κ3) is 5.87. The van der Waals surface area contributed by atoms with Crippen molar-refractivity contribution >= 4 is 23.9 Å². The molecule has 4 N–H and O–H groups in total. The number of hydrogen-bond acceptors (Lipinski definition) is 5. The number of hydrogen-bond donors (Lipinski definition) is 4. The SMILES string of the molecule is CCCC(F)OC(=O)N[C@H]1[C@@H](CNC(C)=O)[C@H](C(=O)O)C[C@@H]1C(=O)O. The predicted molar refractivity (Wildman–Crippen MR) is 82.3 cm³/mol. The summed E-state index contributed by atoms with van der Waals surface area (Å²) in [6.07, 6.45) is -2.77. The first-order valence-electron chi connectivity index (χ1n) is 7.98. The van der Waals surface area contributed by atoms with E-state index in [1.807, 2.05) is 0 Å². The van der Waals surface area contributed by atoms with E-state index in [0.717, 1.165) is 0 Å². The summed E-state index contributed by atoms with van der Waals surface area (Å²) in [6.45, 7) is 2.80. The van der Waals surface area contributed by atoms with Crippen molar-refractivity contribution in [2.45, 2.75) is 45.5 Å². The highest BCUT2D eigenvalue weighted by atomic mass is 19.1. The largest absolute Gasteiger partial charge is 0.481 e. The van der Waals surface area contributed by atoms with Crippen LogP contribution in [0.15, 0.2) is 0 Å². The minimum absolute atomic E-state index is 0.00643. The van der Waals surface area contributed by atoms with Crippen LogP contribution in [0.1, 0.15) is 33.1 Å². The molecule has 1 unspecified atom stereocenters. The van der Waals surface area contributed by atoms with Crippen LogP contribution < -0.4 is 10.6 Å². The van der Waals surface area contributed by atoms with Gasteiger partial charge in [0.05, 0.1) is 17.9 Å². The van der Waals surface area contributed by atoms with Gasteiger partial charge in [0.2, 0.25) is 12.3 Å². The fourth-order valence-electron chi connectivity index (χ4n) is 2.99. The van der Waals surface area contributed by atoms with Crippen molar-refractivity contribution in [2.24, 2.45) is 17.8 Å². The number of rotatable bonds is 8. The molecule has 9 nitrogen and oxygen atoms in total. The third-order valence-electron chi connectivity index (χ3n) is 4.18. The molecule has 0 saturated heterocycles. The Labute approximate surface area is 143 Å². The highest BCUT2D eigenvalue weighted by Crippen LogP contribution is 2.37. The summed E-state index contributed by atoms with van der Waals surface area (Å²) in [5.74, 6) is -6.05. The number of carboxylic acids is 2. The van der Waals surface area contributed by atoms with E-state index >= 15 is 0 Å². The summed E-state index contributed by atoms with van der Waals surface area (Å²) < 4.78 is 17.9. The molecule has 0 bridgehead atoms. The van der Waals surface area contributed by atoms with Gasteiger partial charge >= 0.3 is 18.0 Å². The third-order valence-corrected chi connectivity index (χ3v) is 4.18. The summed E-state index contributed by atoms with van der Waals surface area (Å²) in [5.41, 5.74) is 0. The quantitative estimate of drug-likeness (QED) is 0.499. The molecule has 2 amide bonds. The maximum absolute atomic E-state index is 13.4. The Hall–Kier alpha value is -2.39. The molecular formula is C15H23FN2O7. The second kappa shape index (κ2) is 9.19. The van der Waals surface area contributed by atoms with Crippen LogP contribution in [-0.2, 0) is 19.1 Å². The van der Waals surface area contributed by atoms with Crippen LogP contribution in [0.3, 0.4) is 0 Å². The lowest BCUT2D eigenvalue weighted by Crippen LogP contribution is -2.48. The van der Waals surface area contributed by atoms with Gasteiger partial charge in [-0.3, -0.25) is 14.4 Å². The number of carboxylic acid groups (broad SMARTS) is 2. The summed E-state index contributed by atoms with van der Waals surface area (Å²) in [6, 6.07) is -1.10. The van der Waals surface area contributed by atoms with E-state index in [4.69, 9.17) is 0 Å². The molecule has 142 valence electrons. The first kappa shape index (κ1) is 20.7. The highest BCUT2D eigenvalue weighted by molar-refractivity contribution is 5.79.